The van der Waals surface area contributed by atoms with Crippen molar-refractivity contribution in [3.05, 3.63) is 0 Å². The van der Waals surface area contributed by atoms with E-state index in [4.69, 9.17) is 4.74 Å². The highest BCUT2D eigenvalue weighted by molar-refractivity contribution is 14.0. The third-order valence-corrected chi connectivity index (χ3v) is 3.94. The summed E-state index contributed by atoms with van der Waals surface area (Å²) in [5.41, 5.74) is -0.407. The molecule has 24 heavy (non-hydrogen) atoms. The van der Waals surface area contributed by atoms with Crippen LogP contribution in [0.15, 0.2) is 4.99 Å². The maximum atomic E-state index is 11.8. The number of halogens is 1. The number of hydrogen-bond donors (Lipinski definition) is 2. The van der Waals surface area contributed by atoms with Crippen LogP contribution in [0.25, 0.3) is 0 Å². The molecule has 0 unspecified atom stereocenters. The molecule has 1 fully saturated rings. The van der Waals surface area contributed by atoms with E-state index >= 15 is 0 Å². The second kappa shape index (κ2) is 10.4. The Balaban J connectivity index is 0.00000529. The summed E-state index contributed by atoms with van der Waals surface area (Å²) in [5, 5.41) is 6.33. The van der Waals surface area contributed by atoms with Crippen molar-refractivity contribution in [2.24, 2.45) is 4.99 Å². The molecule has 1 aliphatic rings. The van der Waals surface area contributed by atoms with E-state index in [0.717, 1.165) is 19.6 Å². The van der Waals surface area contributed by atoms with Crippen LogP contribution >= 0.6 is 24.0 Å². The zero-order chi connectivity index (χ0) is 17.5. The summed E-state index contributed by atoms with van der Waals surface area (Å²) in [6.07, 6.45) is 3.88. The van der Waals surface area contributed by atoms with Crippen LogP contribution < -0.4 is 10.6 Å². The highest BCUT2D eigenvalue weighted by Gasteiger charge is 2.28. The smallest absolute Gasteiger partial charge is 0.325 e. The van der Waals surface area contributed by atoms with Crippen LogP contribution in [0.2, 0.25) is 0 Å². The normalized spacial score (nSPS) is 17.0. The second-order valence-corrected chi connectivity index (χ2v) is 7.73. The summed E-state index contributed by atoms with van der Waals surface area (Å²) in [5.74, 6) is 0.344. The maximum Gasteiger partial charge on any atom is 0.325 e. The van der Waals surface area contributed by atoms with Crippen LogP contribution in [0.5, 0.6) is 0 Å². The van der Waals surface area contributed by atoms with Crippen molar-refractivity contribution in [3.63, 3.8) is 0 Å². The Hall–Kier alpha value is -0.570. The van der Waals surface area contributed by atoms with Gasteiger partial charge in [-0.15, -0.1) is 24.0 Å². The molecule has 1 saturated heterocycles. The van der Waals surface area contributed by atoms with Crippen LogP contribution in [-0.4, -0.2) is 61.2 Å². The number of nitrogens with zero attached hydrogens (tertiary/aromatic N) is 2. The largest absolute Gasteiger partial charge is 0.459 e. The van der Waals surface area contributed by atoms with Crippen molar-refractivity contribution in [2.75, 3.05) is 33.2 Å². The van der Waals surface area contributed by atoms with Crippen LogP contribution in [0, 0.1) is 0 Å². The molecule has 1 heterocycles. The molecule has 0 spiro atoms. The number of rotatable bonds is 5. The lowest BCUT2D eigenvalue weighted by atomic mass is 9.98. The van der Waals surface area contributed by atoms with Gasteiger partial charge in [0, 0.05) is 19.1 Å². The van der Waals surface area contributed by atoms with E-state index in [1.165, 1.54) is 19.3 Å². The molecule has 2 N–H and O–H groups in total. The molecule has 142 valence electrons. The van der Waals surface area contributed by atoms with Crippen molar-refractivity contribution in [3.8, 4) is 0 Å². The van der Waals surface area contributed by atoms with Gasteiger partial charge < -0.3 is 15.4 Å². The number of esters is 1. The lowest BCUT2D eigenvalue weighted by Gasteiger charge is -2.41. The first-order chi connectivity index (χ1) is 10.6. The summed E-state index contributed by atoms with van der Waals surface area (Å²) in [7, 11) is 1.71. The second-order valence-electron chi connectivity index (χ2n) is 7.73. The fourth-order valence-electron chi connectivity index (χ4n) is 2.67. The number of hydrogen-bond acceptors (Lipinski definition) is 4. The molecule has 0 amide bonds. The van der Waals surface area contributed by atoms with E-state index in [1.54, 1.807) is 7.05 Å². The van der Waals surface area contributed by atoms with E-state index in [-0.39, 0.29) is 42.0 Å². The predicted octanol–water partition coefficient (Wildman–Crippen LogP) is 2.38. The zero-order valence-electron chi connectivity index (χ0n) is 16.1. The molecule has 6 nitrogen and oxygen atoms in total. The Morgan fingerprint density at radius 3 is 2.17 bits per heavy atom. The molecule has 7 heteroatoms. The molecule has 0 atom stereocenters. The number of likely N-dealkylation sites (tertiary alicyclic amines) is 1. The standard InChI is InChI=1S/C17H34N4O2.HI/c1-16(2,3)23-14(22)12-19-15(18-6)20-13-17(4,5)21-10-8-7-9-11-21;/h7-13H2,1-6H3,(H2,18,19,20);1H. The van der Waals surface area contributed by atoms with Gasteiger partial charge in [0.2, 0.25) is 0 Å². The minimum absolute atomic E-state index is 0. The van der Waals surface area contributed by atoms with E-state index in [0.29, 0.717) is 5.96 Å². The topological polar surface area (TPSA) is 66.0 Å². The minimum atomic E-state index is -0.466. The van der Waals surface area contributed by atoms with E-state index < -0.39 is 5.60 Å². The number of ether oxygens (including phenoxy) is 1. The average Bonchev–Trinajstić information content (AvgIpc) is 2.46. The van der Waals surface area contributed by atoms with Gasteiger partial charge in [-0.05, 0) is 60.5 Å². The molecule has 0 aromatic carbocycles. The van der Waals surface area contributed by atoms with Crippen molar-refractivity contribution >= 4 is 35.9 Å². The summed E-state index contributed by atoms with van der Waals surface area (Å²) >= 11 is 0. The average molecular weight is 454 g/mol. The van der Waals surface area contributed by atoms with Crippen molar-refractivity contribution in [1.82, 2.24) is 15.5 Å². The Morgan fingerprint density at radius 1 is 1.08 bits per heavy atom. The quantitative estimate of drug-likeness (QED) is 0.289. The van der Waals surface area contributed by atoms with Crippen LogP contribution in [0.4, 0.5) is 0 Å². The Bertz CT molecular complexity index is 413. The summed E-state index contributed by atoms with van der Waals surface area (Å²) < 4.78 is 5.28. The zero-order valence-corrected chi connectivity index (χ0v) is 18.4. The third-order valence-electron chi connectivity index (χ3n) is 3.94. The molecular formula is C17H35IN4O2. The van der Waals surface area contributed by atoms with Gasteiger partial charge in [0.1, 0.15) is 12.1 Å². The monoisotopic (exact) mass is 454 g/mol. The first kappa shape index (κ1) is 23.4. The van der Waals surface area contributed by atoms with Gasteiger partial charge in [0.05, 0.1) is 0 Å². The van der Waals surface area contributed by atoms with Gasteiger partial charge in [0.15, 0.2) is 5.96 Å². The van der Waals surface area contributed by atoms with Gasteiger partial charge >= 0.3 is 5.97 Å². The number of carbonyl (C=O) groups is 1. The molecule has 0 aliphatic carbocycles. The number of carbonyl (C=O) groups excluding carboxylic acids is 1. The SMILES string of the molecule is CN=C(NCC(=O)OC(C)(C)C)NCC(C)(C)N1CCCCC1.I. The highest BCUT2D eigenvalue weighted by Crippen LogP contribution is 2.19. The Morgan fingerprint density at radius 2 is 1.67 bits per heavy atom. The predicted molar refractivity (Wildman–Crippen MR) is 110 cm³/mol. The van der Waals surface area contributed by atoms with Gasteiger partial charge in [-0.1, -0.05) is 6.42 Å². The molecule has 0 radical (unpaired) electrons. The van der Waals surface area contributed by atoms with Crippen molar-refractivity contribution in [2.45, 2.75) is 65.0 Å². The fraction of sp³-hybridized carbons (Fsp3) is 0.882. The number of aliphatic imine (C=N–C) groups is 1. The molecular weight excluding hydrogens is 419 g/mol. The van der Waals surface area contributed by atoms with Crippen molar-refractivity contribution < 1.29 is 9.53 Å². The lowest BCUT2D eigenvalue weighted by Crippen LogP contribution is -2.55. The van der Waals surface area contributed by atoms with Gasteiger partial charge in [-0.2, -0.15) is 0 Å². The molecule has 0 saturated carbocycles. The molecule has 0 aromatic heterocycles. The first-order valence-corrected chi connectivity index (χ1v) is 8.55. The van der Waals surface area contributed by atoms with Gasteiger partial charge in [0.25, 0.3) is 0 Å². The first-order valence-electron chi connectivity index (χ1n) is 8.55. The summed E-state index contributed by atoms with van der Waals surface area (Å²) in [4.78, 5) is 18.4. The highest BCUT2D eigenvalue weighted by atomic mass is 127. The number of piperidine rings is 1. The fourth-order valence-corrected chi connectivity index (χ4v) is 2.67. The van der Waals surface area contributed by atoms with Crippen LogP contribution in [-0.2, 0) is 9.53 Å². The molecule has 0 bridgehead atoms. The van der Waals surface area contributed by atoms with Gasteiger partial charge in [-0.3, -0.25) is 14.7 Å². The summed E-state index contributed by atoms with van der Waals surface area (Å²) in [6, 6.07) is 0. The van der Waals surface area contributed by atoms with Crippen LogP contribution in [0.1, 0.15) is 53.9 Å². The maximum absolute atomic E-state index is 11.8. The minimum Gasteiger partial charge on any atom is -0.459 e. The van der Waals surface area contributed by atoms with E-state index in [1.807, 2.05) is 20.8 Å². The van der Waals surface area contributed by atoms with Crippen molar-refractivity contribution in [1.29, 1.82) is 0 Å². The summed E-state index contributed by atoms with van der Waals surface area (Å²) in [6.45, 7) is 13.3. The number of nitrogens with one attached hydrogen (secondary N) is 2. The van der Waals surface area contributed by atoms with Crippen LogP contribution in [0.3, 0.4) is 0 Å². The Kier molecular flexibility index (Phi) is 10.2. The van der Waals surface area contributed by atoms with E-state index in [2.05, 4.69) is 34.4 Å². The number of guanidine groups is 1. The lowest BCUT2D eigenvalue weighted by molar-refractivity contribution is -0.153. The molecule has 0 aromatic rings. The Labute approximate surface area is 164 Å². The third kappa shape index (κ3) is 9.05. The molecule has 1 aliphatic heterocycles. The molecule has 1 rings (SSSR count). The van der Waals surface area contributed by atoms with E-state index in [9.17, 15) is 4.79 Å². The van der Waals surface area contributed by atoms with Gasteiger partial charge in [-0.25, -0.2) is 0 Å².